The third-order valence-corrected chi connectivity index (χ3v) is 2.30. The minimum atomic E-state index is -0.306. The average Bonchev–Trinajstić information content (AvgIpc) is 2.33. The lowest BCUT2D eigenvalue weighted by molar-refractivity contribution is -0.120. The molecular formula is C12H15ClN2O2. The van der Waals surface area contributed by atoms with Gasteiger partial charge < -0.3 is 10.6 Å². The van der Waals surface area contributed by atoms with E-state index < -0.39 is 0 Å². The van der Waals surface area contributed by atoms with Crippen molar-refractivity contribution in [1.82, 2.24) is 10.6 Å². The van der Waals surface area contributed by atoms with Gasteiger partial charge in [-0.1, -0.05) is 24.6 Å². The van der Waals surface area contributed by atoms with Crippen LogP contribution in [0.2, 0.25) is 5.02 Å². The van der Waals surface area contributed by atoms with Crippen LogP contribution >= 0.6 is 11.6 Å². The Hall–Kier alpha value is -1.55. The predicted octanol–water partition coefficient (Wildman–Crippen LogP) is 1.60. The van der Waals surface area contributed by atoms with E-state index in [1.54, 1.807) is 24.3 Å². The van der Waals surface area contributed by atoms with Crippen LogP contribution < -0.4 is 10.6 Å². The lowest BCUT2D eigenvalue weighted by Crippen LogP contribution is -2.37. The summed E-state index contributed by atoms with van der Waals surface area (Å²) < 4.78 is 0. The second-order valence-electron chi connectivity index (χ2n) is 3.54. The largest absolute Gasteiger partial charge is 0.355 e. The molecule has 92 valence electrons. The summed E-state index contributed by atoms with van der Waals surface area (Å²) in [6, 6.07) is 6.58. The van der Waals surface area contributed by atoms with Crippen molar-refractivity contribution in [3.63, 3.8) is 0 Å². The highest BCUT2D eigenvalue weighted by molar-refractivity contribution is 6.30. The number of hydrogen-bond acceptors (Lipinski definition) is 2. The Morgan fingerprint density at radius 1 is 1.29 bits per heavy atom. The van der Waals surface area contributed by atoms with Crippen molar-refractivity contribution < 1.29 is 9.59 Å². The molecule has 0 atom stereocenters. The molecule has 17 heavy (non-hydrogen) atoms. The lowest BCUT2D eigenvalue weighted by atomic mass is 10.2. The molecule has 0 spiro atoms. The summed E-state index contributed by atoms with van der Waals surface area (Å²) >= 11 is 5.76. The maximum Gasteiger partial charge on any atom is 0.251 e. The number of amides is 2. The molecule has 1 aromatic rings. The maximum atomic E-state index is 11.6. The van der Waals surface area contributed by atoms with Gasteiger partial charge in [-0.25, -0.2) is 0 Å². The Bertz CT molecular complexity index is 407. The molecule has 4 nitrogen and oxygen atoms in total. The lowest BCUT2D eigenvalue weighted by Gasteiger charge is -2.06. The average molecular weight is 255 g/mol. The fourth-order valence-corrected chi connectivity index (χ4v) is 1.41. The molecule has 0 saturated heterocycles. The van der Waals surface area contributed by atoms with Gasteiger partial charge in [0.05, 0.1) is 6.54 Å². The topological polar surface area (TPSA) is 58.2 Å². The van der Waals surface area contributed by atoms with Crippen LogP contribution in [0.25, 0.3) is 0 Å². The third-order valence-electron chi connectivity index (χ3n) is 2.07. The van der Waals surface area contributed by atoms with E-state index >= 15 is 0 Å². The number of hydrogen-bond donors (Lipinski definition) is 2. The molecule has 0 fully saturated rings. The minimum absolute atomic E-state index is 0.0225. The Morgan fingerprint density at radius 2 is 2.06 bits per heavy atom. The number of benzene rings is 1. The zero-order valence-electron chi connectivity index (χ0n) is 9.63. The summed E-state index contributed by atoms with van der Waals surface area (Å²) in [5.74, 6) is -0.499. The van der Waals surface area contributed by atoms with Crippen LogP contribution in [0, 0.1) is 0 Å². The first-order valence-electron chi connectivity index (χ1n) is 5.44. The normalized spacial score (nSPS) is 9.76. The van der Waals surface area contributed by atoms with Gasteiger partial charge in [0.2, 0.25) is 5.91 Å². The van der Waals surface area contributed by atoms with Gasteiger partial charge in [-0.3, -0.25) is 9.59 Å². The molecule has 0 bridgehead atoms. The summed E-state index contributed by atoms with van der Waals surface area (Å²) in [5, 5.41) is 5.69. The van der Waals surface area contributed by atoms with Crippen LogP contribution in [-0.4, -0.2) is 24.9 Å². The van der Waals surface area contributed by atoms with E-state index in [1.807, 2.05) is 6.92 Å². The zero-order valence-corrected chi connectivity index (χ0v) is 10.4. The van der Waals surface area contributed by atoms with Gasteiger partial charge in [-0.2, -0.15) is 0 Å². The number of rotatable bonds is 5. The smallest absolute Gasteiger partial charge is 0.251 e. The van der Waals surface area contributed by atoms with Gasteiger partial charge in [0, 0.05) is 17.1 Å². The van der Waals surface area contributed by atoms with E-state index in [0.717, 1.165) is 6.42 Å². The van der Waals surface area contributed by atoms with Gasteiger partial charge in [0.15, 0.2) is 0 Å². The molecule has 0 saturated carbocycles. The number of halogens is 1. The summed E-state index contributed by atoms with van der Waals surface area (Å²) in [6.45, 7) is 2.56. The monoisotopic (exact) mass is 254 g/mol. The molecule has 2 amide bonds. The SMILES string of the molecule is CCCNC(=O)CNC(=O)c1cccc(Cl)c1. The standard InChI is InChI=1S/C12H15ClN2O2/c1-2-6-14-11(16)8-15-12(17)9-4-3-5-10(13)7-9/h3-5,7H,2,6,8H2,1H3,(H,14,16)(H,15,17). The van der Waals surface area contributed by atoms with Gasteiger partial charge in [0.25, 0.3) is 5.91 Å². The molecule has 0 unspecified atom stereocenters. The molecule has 2 N–H and O–H groups in total. The summed E-state index contributed by atoms with van der Waals surface area (Å²) in [5.41, 5.74) is 0.445. The highest BCUT2D eigenvalue weighted by Crippen LogP contribution is 2.10. The number of carbonyl (C=O) groups is 2. The molecule has 0 radical (unpaired) electrons. The van der Waals surface area contributed by atoms with Crippen molar-refractivity contribution in [2.75, 3.05) is 13.1 Å². The van der Waals surface area contributed by atoms with Gasteiger partial charge >= 0.3 is 0 Å². The fraction of sp³-hybridized carbons (Fsp3) is 0.333. The quantitative estimate of drug-likeness (QED) is 0.839. The molecule has 1 aromatic carbocycles. The fourth-order valence-electron chi connectivity index (χ4n) is 1.22. The van der Waals surface area contributed by atoms with Gasteiger partial charge in [0.1, 0.15) is 0 Å². The maximum absolute atomic E-state index is 11.6. The highest BCUT2D eigenvalue weighted by atomic mass is 35.5. The molecule has 0 aromatic heterocycles. The molecule has 5 heteroatoms. The van der Waals surface area contributed by atoms with E-state index in [9.17, 15) is 9.59 Å². The Morgan fingerprint density at radius 3 is 2.71 bits per heavy atom. The van der Waals surface area contributed by atoms with E-state index in [0.29, 0.717) is 17.1 Å². The van der Waals surface area contributed by atoms with Crippen molar-refractivity contribution in [3.8, 4) is 0 Å². The number of carbonyl (C=O) groups excluding carboxylic acids is 2. The van der Waals surface area contributed by atoms with Crippen molar-refractivity contribution in [2.45, 2.75) is 13.3 Å². The van der Waals surface area contributed by atoms with Crippen molar-refractivity contribution in [2.24, 2.45) is 0 Å². The van der Waals surface area contributed by atoms with Crippen LogP contribution in [0.3, 0.4) is 0 Å². The van der Waals surface area contributed by atoms with Gasteiger partial charge in [-0.15, -0.1) is 0 Å². The van der Waals surface area contributed by atoms with E-state index in [-0.39, 0.29) is 18.4 Å². The van der Waals surface area contributed by atoms with Crippen LogP contribution in [-0.2, 0) is 4.79 Å². The molecule has 0 heterocycles. The summed E-state index contributed by atoms with van der Waals surface area (Å²) in [4.78, 5) is 22.9. The van der Waals surface area contributed by atoms with Crippen LogP contribution in [0.1, 0.15) is 23.7 Å². The zero-order chi connectivity index (χ0) is 12.7. The third kappa shape index (κ3) is 4.87. The predicted molar refractivity (Wildman–Crippen MR) is 67.1 cm³/mol. The first kappa shape index (κ1) is 13.5. The van der Waals surface area contributed by atoms with Crippen LogP contribution in [0.15, 0.2) is 24.3 Å². The second-order valence-corrected chi connectivity index (χ2v) is 3.98. The van der Waals surface area contributed by atoms with Crippen molar-refractivity contribution in [1.29, 1.82) is 0 Å². The summed E-state index contributed by atoms with van der Waals surface area (Å²) in [7, 11) is 0. The number of nitrogens with one attached hydrogen (secondary N) is 2. The molecule has 1 rings (SSSR count). The molecule has 0 aliphatic rings. The van der Waals surface area contributed by atoms with Gasteiger partial charge in [-0.05, 0) is 24.6 Å². The molecular weight excluding hydrogens is 240 g/mol. The van der Waals surface area contributed by atoms with E-state index in [1.165, 1.54) is 0 Å². The first-order chi connectivity index (χ1) is 8.13. The van der Waals surface area contributed by atoms with E-state index in [2.05, 4.69) is 10.6 Å². The Kier molecular flexibility index (Phi) is 5.49. The first-order valence-corrected chi connectivity index (χ1v) is 5.81. The minimum Gasteiger partial charge on any atom is -0.355 e. The van der Waals surface area contributed by atoms with E-state index in [4.69, 9.17) is 11.6 Å². The van der Waals surface area contributed by atoms with Crippen molar-refractivity contribution in [3.05, 3.63) is 34.9 Å². The Balaban J connectivity index is 2.42. The van der Waals surface area contributed by atoms with Crippen molar-refractivity contribution >= 4 is 23.4 Å². The second kappa shape index (κ2) is 6.91. The summed E-state index contributed by atoms with van der Waals surface area (Å²) in [6.07, 6.45) is 0.869. The molecule has 0 aliphatic heterocycles. The molecule has 0 aliphatic carbocycles. The van der Waals surface area contributed by atoms with Crippen LogP contribution in [0.5, 0.6) is 0 Å². The Labute approximate surface area is 105 Å². The highest BCUT2D eigenvalue weighted by Gasteiger charge is 2.07. The van der Waals surface area contributed by atoms with Crippen LogP contribution in [0.4, 0.5) is 0 Å².